The van der Waals surface area contributed by atoms with E-state index in [1.165, 1.54) is 19.3 Å². The van der Waals surface area contributed by atoms with Crippen molar-refractivity contribution in [3.8, 4) is 0 Å². The maximum atomic E-state index is 14.2. The number of rotatable bonds is 3. The maximum Gasteiger partial charge on any atom is 0.140 e. The fraction of sp³-hybridized carbons (Fsp3) is 0.600. The Kier molecular flexibility index (Phi) is 5.19. The molecule has 100 valence electrons. The second kappa shape index (κ2) is 6.67. The molecule has 0 heterocycles. The van der Waals surface area contributed by atoms with Crippen LogP contribution in [-0.4, -0.2) is 12.6 Å². The molecule has 0 radical (unpaired) electrons. The minimum Gasteiger partial charge on any atom is -0.314 e. The third-order valence-corrected chi connectivity index (χ3v) is 4.45. The van der Waals surface area contributed by atoms with Crippen molar-refractivity contribution in [2.24, 2.45) is 0 Å². The fourth-order valence-electron chi connectivity index (χ4n) is 2.95. The fourth-order valence-corrected chi connectivity index (χ4v) is 3.33. The van der Waals surface area contributed by atoms with Crippen LogP contribution in [0.1, 0.15) is 50.5 Å². The van der Waals surface area contributed by atoms with Gasteiger partial charge in [-0.15, -0.1) is 0 Å². The molecule has 2 atom stereocenters. The van der Waals surface area contributed by atoms with Crippen molar-refractivity contribution < 1.29 is 4.39 Å². The van der Waals surface area contributed by atoms with Crippen molar-refractivity contribution in [1.82, 2.24) is 5.32 Å². The molecule has 2 rings (SSSR count). The maximum absolute atomic E-state index is 14.2. The predicted molar refractivity (Wildman–Crippen MR) is 77.4 cm³/mol. The van der Waals surface area contributed by atoms with E-state index in [1.54, 1.807) is 6.07 Å². The molecule has 0 aliphatic heterocycles. The zero-order chi connectivity index (χ0) is 13.0. The van der Waals surface area contributed by atoms with Crippen LogP contribution >= 0.6 is 15.9 Å². The first-order chi connectivity index (χ1) is 8.72. The monoisotopic (exact) mass is 313 g/mol. The van der Waals surface area contributed by atoms with Gasteiger partial charge in [-0.3, -0.25) is 0 Å². The summed E-state index contributed by atoms with van der Waals surface area (Å²) in [4.78, 5) is 0. The van der Waals surface area contributed by atoms with Crippen molar-refractivity contribution in [2.75, 3.05) is 6.54 Å². The van der Waals surface area contributed by atoms with Crippen LogP contribution in [0.15, 0.2) is 22.7 Å². The van der Waals surface area contributed by atoms with Crippen molar-refractivity contribution in [3.05, 3.63) is 34.1 Å². The van der Waals surface area contributed by atoms with Gasteiger partial charge in [-0.2, -0.15) is 0 Å². The van der Waals surface area contributed by atoms with Crippen LogP contribution in [0.25, 0.3) is 0 Å². The van der Waals surface area contributed by atoms with E-state index in [-0.39, 0.29) is 5.82 Å². The lowest BCUT2D eigenvalue weighted by Gasteiger charge is -2.21. The molecule has 1 N–H and O–H groups in total. The molecular formula is C15H21BrFN. The number of nitrogens with one attached hydrogen (secondary N) is 1. The second-order valence-corrected chi connectivity index (χ2v) is 5.97. The third-order valence-electron chi connectivity index (χ3n) is 3.84. The lowest BCUT2D eigenvalue weighted by molar-refractivity contribution is 0.441. The van der Waals surface area contributed by atoms with Gasteiger partial charge in [0.1, 0.15) is 5.82 Å². The van der Waals surface area contributed by atoms with Gasteiger partial charge in [-0.25, -0.2) is 4.39 Å². The van der Waals surface area contributed by atoms with Crippen LogP contribution in [0.5, 0.6) is 0 Å². The van der Waals surface area contributed by atoms with E-state index < -0.39 is 0 Å². The van der Waals surface area contributed by atoms with E-state index >= 15 is 0 Å². The first-order valence-corrected chi connectivity index (χ1v) is 7.69. The van der Waals surface area contributed by atoms with E-state index in [2.05, 4.69) is 28.2 Å². The van der Waals surface area contributed by atoms with Crippen LogP contribution in [0.3, 0.4) is 0 Å². The summed E-state index contributed by atoms with van der Waals surface area (Å²) in [5.41, 5.74) is 0.883. The highest BCUT2D eigenvalue weighted by molar-refractivity contribution is 9.10. The van der Waals surface area contributed by atoms with Crippen molar-refractivity contribution in [1.29, 1.82) is 0 Å². The van der Waals surface area contributed by atoms with E-state index in [1.807, 2.05) is 12.1 Å². The van der Waals surface area contributed by atoms with Gasteiger partial charge in [-0.1, -0.05) is 31.9 Å². The molecule has 2 unspecified atom stereocenters. The predicted octanol–water partition coefficient (Wildman–Crippen LogP) is 4.61. The number of halogens is 2. The normalized spacial score (nSPS) is 24.8. The molecular weight excluding hydrogens is 293 g/mol. The highest BCUT2D eigenvalue weighted by Crippen LogP contribution is 2.35. The second-order valence-electron chi connectivity index (χ2n) is 5.11. The van der Waals surface area contributed by atoms with Gasteiger partial charge < -0.3 is 5.32 Å². The molecule has 0 bridgehead atoms. The van der Waals surface area contributed by atoms with E-state index in [9.17, 15) is 4.39 Å². The average molecular weight is 314 g/mol. The van der Waals surface area contributed by atoms with Gasteiger partial charge >= 0.3 is 0 Å². The summed E-state index contributed by atoms with van der Waals surface area (Å²) in [5, 5.41) is 3.52. The summed E-state index contributed by atoms with van der Waals surface area (Å²) in [6.07, 6.45) is 5.85. The minimum atomic E-state index is -0.0698. The Morgan fingerprint density at radius 3 is 2.89 bits per heavy atom. The summed E-state index contributed by atoms with van der Waals surface area (Å²) in [6.45, 7) is 3.14. The Morgan fingerprint density at radius 2 is 2.11 bits per heavy atom. The number of hydrogen-bond acceptors (Lipinski definition) is 1. The SMILES string of the molecule is CCNC1CCCCC(c2cccc(Br)c2F)C1. The Morgan fingerprint density at radius 1 is 1.33 bits per heavy atom. The van der Waals surface area contributed by atoms with Crippen molar-refractivity contribution in [2.45, 2.75) is 51.0 Å². The van der Waals surface area contributed by atoms with Crippen LogP contribution < -0.4 is 5.32 Å². The molecule has 1 aliphatic carbocycles. The summed E-state index contributed by atoms with van der Waals surface area (Å²) >= 11 is 3.29. The zero-order valence-corrected chi connectivity index (χ0v) is 12.5. The molecule has 1 nitrogen and oxygen atoms in total. The van der Waals surface area contributed by atoms with Gasteiger partial charge in [0.15, 0.2) is 0 Å². The lowest BCUT2D eigenvalue weighted by Crippen LogP contribution is -2.29. The minimum absolute atomic E-state index is 0.0698. The Hall–Kier alpha value is -0.410. The lowest BCUT2D eigenvalue weighted by atomic mass is 9.90. The molecule has 1 aromatic rings. The topological polar surface area (TPSA) is 12.0 Å². The number of hydrogen-bond donors (Lipinski definition) is 1. The first-order valence-electron chi connectivity index (χ1n) is 6.89. The molecule has 3 heteroatoms. The van der Waals surface area contributed by atoms with Gasteiger partial charge in [0.25, 0.3) is 0 Å². The molecule has 0 saturated heterocycles. The summed E-state index contributed by atoms with van der Waals surface area (Å²) in [7, 11) is 0. The third kappa shape index (κ3) is 3.33. The van der Waals surface area contributed by atoms with Gasteiger partial charge in [0.05, 0.1) is 4.47 Å². The van der Waals surface area contributed by atoms with Crippen LogP contribution in [0.4, 0.5) is 4.39 Å². The zero-order valence-electron chi connectivity index (χ0n) is 10.9. The van der Waals surface area contributed by atoms with E-state index in [0.717, 1.165) is 24.9 Å². The summed E-state index contributed by atoms with van der Waals surface area (Å²) in [6, 6.07) is 6.20. The Bertz CT molecular complexity index is 394. The Labute approximate surface area is 117 Å². The van der Waals surface area contributed by atoms with Gasteiger partial charge in [-0.05, 0) is 59.3 Å². The molecule has 18 heavy (non-hydrogen) atoms. The summed E-state index contributed by atoms with van der Waals surface area (Å²) < 4.78 is 14.8. The molecule has 1 fully saturated rings. The first kappa shape index (κ1) is 14.0. The average Bonchev–Trinajstić information content (AvgIpc) is 2.59. The molecule has 1 saturated carbocycles. The van der Waals surface area contributed by atoms with E-state index in [0.29, 0.717) is 16.4 Å². The van der Waals surface area contributed by atoms with Crippen molar-refractivity contribution >= 4 is 15.9 Å². The number of benzene rings is 1. The molecule has 0 amide bonds. The highest BCUT2D eigenvalue weighted by atomic mass is 79.9. The quantitative estimate of drug-likeness (QED) is 0.803. The molecule has 0 aromatic heterocycles. The van der Waals surface area contributed by atoms with Gasteiger partial charge in [0, 0.05) is 6.04 Å². The molecule has 1 aromatic carbocycles. The molecule has 0 spiro atoms. The van der Waals surface area contributed by atoms with Gasteiger partial charge in [0.2, 0.25) is 0 Å². The summed E-state index contributed by atoms with van der Waals surface area (Å²) in [5.74, 6) is 0.286. The largest absolute Gasteiger partial charge is 0.314 e. The smallest absolute Gasteiger partial charge is 0.140 e. The standard InChI is InChI=1S/C15H21BrFN/c1-2-18-12-7-4-3-6-11(10-12)13-8-5-9-14(16)15(13)17/h5,8-9,11-12,18H,2-4,6-7,10H2,1H3. The van der Waals surface area contributed by atoms with Crippen LogP contribution in [-0.2, 0) is 0 Å². The van der Waals surface area contributed by atoms with Crippen LogP contribution in [0.2, 0.25) is 0 Å². The molecule has 1 aliphatic rings. The van der Waals surface area contributed by atoms with E-state index in [4.69, 9.17) is 0 Å². The Balaban J connectivity index is 2.17. The highest BCUT2D eigenvalue weighted by Gasteiger charge is 2.23. The van der Waals surface area contributed by atoms with Crippen LogP contribution in [0, 0.1) is 5.82 Å². The van der Waals surface area contributed by atoms with Crippen molar-refractivity contribution in [3.63, 3.8) is 0 Å².